The second-order valence-corrected chi connectivity index (χ2v) is 11.0. The van der Waals surface area contributed by atoms with Gasteiger partial charge in [-0.15, -0.1) is 10.2 Å². The second kappa shape index (κ2) is 8.78. The quantitative estimate of drug-likeness (QED) is 0.295. The molecule has 212 valence electrons. The van der Waals surface area contributed by atoms with Crippen molar-refractivity contribution in [3.05, 3.63) is 71.8 Å². The zero-order chi connectivity index (χ0) is 28.7. The number of nitrogens with zero attached hydrogens (tertiary/aromatic N) is 7. The number of amides is 1. The maximum absolute atomic E-state index is 13.5. The van der Waals surface area contributed by atoms with E-state index in [2.05, 4.69) is 30.0 Å². The minimum Gasteiger partial charge on any atom is -0.465 e. The molecule has 0 radical (unpaired) electrons. The average Bonchev–Trinajstić information content (AvgIpc) is 3.59. The minimum absolute atomic E-state index is 0.107. The molecule has 2 atom stereocenters. The summed E-state index contributed by atoms with van der Waals surface area (Å²) in [7, 11) is 0. The summed E-state index contributed by atoms with van der Waals surface area (Å²) >= 11 is 0. The largest absolute Gasteiger partial charge is 0.465 e. The van der Waals surface area contributed by atoms with Crippen LogP contribution in [0.3, 0.4) is 0 Å². The molecule has 42 heavy (non-hydrogen) atoms. The highest BCUT2D eigenvalue weighted by Gasteiger charge is 2.44. The Kier molecular flexibility index (Phi) is 5.19. The summed E-state index contributed by atoms with van der Waals surface area (Å²) < 4.78 is 36.2. The molecule has 3 aromatic heterocycles. The molecular weight excluding hydrogens is 546 g/mol. The Balaban J connectivity index is 1.26. The third kappa shape index (κ3) is 3.48. The number of imidazole rings is 1. The lowest BCUT2D eigenvalue weighted by molar-refractivity contribution is -0.0506. The zero-order valence-corrected chi connectivity index (χ0v) is 22.3. The summed E-state index contributed by atoms with van der Waals surface area (Å²) in [6, 6.07) is 10.5. The smallest absolute Gasteiger partial charge is 0.405 e. The van der Waals surface area contributed by atoms with Gasteiger partial charge < -0.3 is 24.3 Å². The van der Waals surface area contributed by atoms with Gasteiger partial charge in [0, 0.05) is 35.5 Å². The van der Waals surface area contributed by atoms with Gasteiger partial charge in [0.2, 0.25) is 0 Å². The number of carboxylic acid groups (broad SMARTS) is 1. The van der Waals surface area contributed by atoms with E-state index in [9.17, 15) is 18.7 Å². The van der Waals surface area contributed by atoms with Crippen LogP contribution in [0.2, 0.25) is 0 Å². The molecule has 5 aromatic rings. The molecule has 0 spiro atoms. The van der Waals surface area contributed by atoms with Gasteiger partial charge >= 0.3 is 12.7 Å². The highest BCUT2D eigenvalue weighted by atomic mass is 19.3. The fourth-order valence-electron chi connectivity index (χ4n) is 6.82. The Labute approximate surface area is 237 Å². The number of rotatable bonds is 5. The molecule has 1 aliphatic carbocycles. The maximum atomic E-state index is 13.5. The third-order valence-electron chi connectivity index (χ3n) is 8.77. The van der Waals surface area contributed by atoms with Crippen LogP contribution >= 0.6 is 0 Å². The molecule has 2 aromatic carbocycles. The van der Waals surface area contributed by atoms with E-state index in [-0.39, 0.29) is 17.8 Å². The van der Waals surface area contributed by atoms with Gasteiger partial charge in [0.1, 0.15) is 22.9 Å². The molecule has 5 heterocycles. The van der Waals surface area contributed by atoms with E-state index in [0.29, 0.717) is 47.9 Å². The third-order valence-corrected chi connectivity index (χ3v) is 8.77. The Morgan fingerprint density at radius 3 is 2.62 bits per heavy atom. The minimum atomic E-state index is -2.98. The van der Waals surface area contributed by atoms with Crippen LogP contribution < -0.4 is 10.1 Å². The fraction of sp³-hybridized carbons (Fsp3) is 0.310. The van der Waals surface area contributed by atoms with Crippen molar-refractivity contribution < 1.29 is 23.4 Å². The number of halogens is 2. The molecule has 2 aliphatic heterocycles. The van der Waals surface area contributed by atoms with Gasteiger partial charge in [-0.3, -0.25) is 0 Å². The Morgan fingerprint density at radius 1 is 1.10 bits per heavy atom. The highest BCUT2D eigenvalue weighted by molar-refractivity contribution is 5.84. The topological polar surface area (TPSA) is 133 Å². The Bertz CT molecular complexity index is 1900. The SMILES string of the molecule is Cc1nnc2n1[C@@H]1C[C@H](c3c(OC(F)F)cccc3-2)n2c1nc1ccc(-c3cnc(C4(NC(=O)O)CCC4)nc3)cc12. The molecule has 1 saturated carbocycles. The van der Waals surface area contributed by atoms with Crippen LogP contribution in [0.25, 0.3) is 33.5 Å². The molecule has 1 amide bonds. The van der Waals surface area contributed by atoms with Crippen LogP contribution in [0.4, 0.5) is 13.6 Å². The van der Waals surface area contributed by atoms with E-state index in [1.165, 1.54) is 0 Å². The van der Waals surface area contributed by atoms with E-state index < -0.39 is 18.2 Å². The first-order valence-corrected chi connectivity index (χ1v) is 13.7. The van der Waals surface area contributed by atoms with E-state index in [4.69, 9.17) is 9.72 Å². The van der Waals surface area contributed by atoms with Crippen molar-refractivity contribution >= 4 is 17.1 Å². The molecule has 3 aliphatic rings. The lowest BCUT2D eigenvalue weighted by atomic mass is 9.76. The average molecular weight is 571 g/mol. The van der Waals surface area contributed by atoms with E-state index in [0.717, 1.165) is 34.4 Å². The highest BCUT2D eigenvalue weighted by Crippen LogP contribution is 2.52. The van der Waals surface area contributed by atoms with Crippen LogP contribution in [0.5, 0.6) is 5.75 Å². The number of benzene rings is 2. The Morgan fingerprint density at radius 2 is 1.90 bits per heavy atom. The lowest BCUT2D eigenvalue weighted by Crippen LogP contribution is -2.51. The van der Waals surface area contributed by atoms with Crippen LogP contribution in [-0.4, -0.2) is 52.1 Å². The number of alkyl halides is 2. The first-order valence-electron chi connectivity index (χ1n) is 13.7. The van der Waals surface area contributed by atoms with E-state index >= 15 is 0 Å². The number of carbonyl (C=O) groups is 1. The predicted molar refractivity (Wildman–Crippen MR) is 145 cm³/mol. The van der Waals surface area contributed by atoms with Gasteiger partial charge in [-0.2, -0.15) is 8.78 Å². The fourth-order valence-corrected chi connectivity index (χ4v) is 6.82. The molecule has 1 fully saturated rings. The molecule has 2 bridgehead atoms. The summed E-state index contributed by atoms with van der Waals surface area (Å²) in [5.41, 5.74) is 3.80. The van der Waals surface area contributed by atoms with Crippen molar-refractivity contribution in [2.75, 3.05) is 0 Å². The normalized spacial score (nSPS) is 19.5. The molecule has 0 unspecified atom stereocenters. The number of fused-ring (bicyclic) bond motifs is 6. The van der Waals surface area contributed by atoms with Gasteiger partial charge in [-0.1, -0.05) is 18.2 Å². The molecule has 11 nitrogen and oxygen atoms in total. The molecule has 0 saturated heterocycles. The number of hydrogen-bond acceptors (Lipinski definition) is 7. The number of ether oxygens (including phenoxy) is 1. The number of nitrogens with one attached hydrogen (secondary N) is 1. The zero-order valence-electron chi connectivity index (χ0n) is 22.3. The van der Waals surface area contributed by atoms with Crippen molar-refractivity contribution in [2.45, 2.75) is 56.8 Å². The number of aromatic nitrogens is 7. The van der Waals surface area contributed by atoms with Crippen molar-refractivity contribution in [3.8, 4) is 28.3 Å². The summed E-state index contributed by atoms with van der Waals surface area (Å²) in [6.45, 7) is -1.10. The maximum Gasteiger partial charge on any atom is 0.405 e. The predicted octanol–water partition coefficient (Wildman–Crippen LogP) is 5.20. The molecule has 2 N–H and O–H groups in total. The first kappa shape index (κ1) is 24.8. The summed E-state index contributed by atoms with van der Waals surface area (Å²) in [6.07, 6.45) is 5.11. The lowest BCUT2D eigenvalue weighted by Gasteiger charge is -2.39. The monoisotopic (exact) mass is 570 g/mol. The van der Waals surface area contributed by atoms with E-state index in [1.807, 2.05) is 35.8 Å². The summed E-state index contributed by atoms with van der Waals surface area (Å²) in [5.74, 6) is 2.68. The van der Waals surface area contributed by atoms with Crippen LogP contribution in [-0.2, 0) is 5.54 Å². The first-order chi connectivity index (χ1) is 20.3. The van der Waals surface area contributed by atoms with Gasteiger partial charge in [0.15, 0.2) is 11.6 Å². The molecule has 8 rings (SSSR count). The van der Waals surface area contributed by atoms with Crippen molar-refractivity contribution in [2.24, 2.45) is 0 Å². The number of hydrogen-bond donors (Lipinski definition) is 2. The van der Waals surface area contributed by atoms with E-state index in [1.54, 1.807) is 24.5 Å². The molecule has 13 heteroatoms. The summed E-state index contributed by atoms with van der Waals surface area (Å²) in [4.78, 5) is 25.4. The van der Waals surface area contributed by atoms with Crippen molar-refractivity contribution in [1.82, 2.24) is 39.6 Å². The Hall–Kier alpha value is -4.94. The summed E-state index contributed by atoms with van der Waals surface area (Å²) in [5, 5.41) is 20.6. The van der Waals surface area contributed by atoms with Gasteiger partial charge in [-0.25, -0.2) is 19.7 Å². The second-order valence-electron chi connectivity index (χ2n) is 11.0. The standard InChI is InChI=1S/C29H24F2N8O3/c1-14-36-37-24-17-4-2-5-22(42-27(30)31)23(17)20-11-21(38(14)24)25-34-18-7-6-15(10-19(18)39(20)25)16-12-32-26(33-13-16)29(8-3-9-29)35-28(40)41/h2,4-7,10,12-13,20-21,27,35H,3,8-9,11H2,1H3,(H,40,41)/t20-,21-/m1/s1. The van der Waals surface area contributed by atoms with Crippen LogP contribution in [0, 0.1) is 6.92 Å². The molecular formula is C29H24F2N8O3. The van der Waals surface area contributed by atoms with Crippen molar-refractivity contribution in [3.63, 3.8) is 0 Å². The van der Waals surface area contributed by atoms with Crippen LogP contribution in [0.1, 0.15) is 60.8 Å². The van der Waals surface area contributed by atoms with Crippen LogP contribution in [0.15, 0.2) is 48.8 Å². The van der Waals surface area contributed by atoms with Gasteiger partial charge in [0.05, 0.1) is 23.1 Å². The number of aryl methyl sites for hydroxylation is 1. The van der Waals surface area contributed by atoms with Gasteiger partial charge in [0.25, 0.3) is 0 Å². The van der Waals surface area contributed by atoms with Crippen molar-refractivity contribution in [1.29, 1.82) is 0 Å². The van der Waals surface area contributed by atoms with Gasteiger partial charge in [-0.05, 0) is 49.9 Å².